The van der Waals surface area contributed by atoms with Crippen molar-refractivity contribution in [1.29, 1.82) is 5.26 Å². The van der Waals surface area contributed by atoms with Gasteiger partial charge in [0.05, 0.1) is 12.1 Å². The molecule has 1 aliphatic rings. The van der Waals surface area contributed by atoms with Gasteiger partial charge in [0.25, 0.3) is 0 Å². The lowest BCUT2D eigenvalue weighted by Gasteiger charge is -2.30. The molecular weight excluding hydrogens is 210 g/mol. The van der Waals surface area contributed by atoms with Crippen molar-refractivity contribution in [2.24, 2.45) is 5.73 Å². The minimum atomic E-state index is -0.658. The van der Waals surface area contributed by atoms with Crippen LogP contribution in [0.4, 0.5) is 0 Å². The molecule has 1 saturated heterocycles. The first kappa shape index (κ1) is 12.3. The zero-order valence-corrected chi connectivity index (χ0v) is 10.00. The molecule has 0 spiro atoms. The summed E-state index contributed by atoms with van der Waals surface area (Å²) in [5.41, 5.74) is 5.81. The van der Waals surface area contributed by atoms with Crippen LogP contribution in [0.15, 0.2) is 0 Å². The van der Waals surface area contributed by atoms with Gasteiger partial charge in [-0.25, -0.2) is 0 Å². The Morgan fingerprint density at radius 3 is 2.80 bits per heavy atom. The number of likely N-dealkylation sites (tertiary alicyclic amines) is 1. The number of hydrogen-bond acceptors (Lipinski definition) is 4. The topological polar surface area (TPSA) is 70.1 Å². The van der Waals surface area contributed by atoms with E-state index in [0.717, 1.165) is 12.8 Å². The predicted octanol–water partition coefficient (Wildman–Crippen LogP) is 0.537. The quantitative estimate of drug-likeness (QED) is 0.676. The van der Waals surface area contributed by atoms with Crippen molar-refractivity contribution in [2.45, 2.75) is 43.5 Å². The summed E-state index contributed by atoms with van der Waals surface area (Å²) in [6, 6.07) is 1.16. The van der Waals surface area contributed by atoms with Gasteiger partial charge in [0.2, 0.25) is 5.91 Å². The summed E-state index contributed by atoms with van der Waals surface area (Å²) >= 11 is 4.29. The Bertz CT molecular complexity index is 292. The van der Waals surface area contributed by atoms with E-state index in [1.165, 1.54) is 0 Å². The molecule has 4 nitrogen and oxygen atoms in total. The molecule has 0 aromatic rings. The first-order valence-corrected chi connectivity index (χ1v) is 5.50. The summed E-state index contributed by atoms with van der Waals surface area (Å²) in [7, 11) is 0. The summed E-state index contributed by atoms with van der Waals surface area (Å²) in [5.74, 6) is -0.168. The van der Waals surface area contributed by atoms with Crippen LogP contribution in [0, 0.1) is 11.3 Å². The summed E-state index contributed by atoms with van der Waals surface area (Å²) in [4.78, 5) is 13.5. The first-order chi connectivity index (χ1) is 6.88. The second-order valence-corrected chi connectivity index (χ2v) is 5.60. The van der Waals surface area contributed by atoms with Crippen molar-refractivity contribution in [3.8, 4) is 6.07 Å². The lowest BCUT2D eigenvalue weighted by Crippen LogP contribution is -2.53. The molecule has 1 aliphatic heterocycles. The molecule has 0 saturated carbocycles. The Balaban J connectivity index is 2.73. The molecule has 0 aromatic carbocycles. The molecule has 1 amide bonds. The number of nitrogens with two attached hydrogens (primary N) is 1. The van der Waals surface area contributed by atoms with Crippen LogP contribution >= 0.6 is 12.6 Å². The average Bonchev–Trinajstić information content (AvgIpc) is 2.61. The Kier molecular flexibility index (Phi) is 3.63. The molecule has 0 aromatic heterocycles. The number of rotatable bonds is 2. The molecular formula is C10H17N3OS. The van der Waals surface area contributed by atoms with E-state index in [1.807, 2.05) is 0 Å². The number of nitrogens with zero attached hydrogens (tertiary/aromatic N) is 2. The van der Waals surface area contributed by atoms with E-state index in [9.17, 15) is 4.79 Å². The van der Waals surface area contributed by atoms with Crippen molar-refractivity contribution < 1.29 is 4.79 Å². The van der Waals surface area contributed by atoms with Crippen LogP contribution in [0.3, 0.4) is 0 Å². The van der Waals surface area contributed by atoms with Crippen LogP contribution in [0.1, 0.15) is 26.7 Å². The molecule has 2 atom stereocenters. The second-order valence-electron chi connectivity index (χ2n) is 4.45. The Morgan fingerprint density at radius 2 is 2.33 bits per heavy atom. The van der Waals surface area contributed by atoms with Crippen LogP contribution < -0.4 is 5.73 Å². The van der Waals surface area contributed by atoms with Gasteiger partial charge in [-0.3, -0.25) is 4.79 Å². The number of hydrogen-bond donors (Lipinski definition) is 2. The molecule has 15 heavy (non-hydrogen) atoms. The highest BCUT2D eigenvalue weighted by molar-refractivity contribution is 7.81. The van der Waals surface area contributed by atoms with E-state index in [4.69, 9.17) is 11.0 Å². The number of nitriles is 1. The van der Waals surface area contributed by atoms with Gasteiger partial charge in [-0.2, -0.15) is 17.9 Å². The van der Waals surface area contributed by atoms with Gasteiger partial charge in [-0.05, 0) is 26.7 Å². The zero-order chi connectivity index (χ0) is 11.6. The fourth-order valence-electron chi connectivity index (χ4n) is 1.65. The zero-order valence-electron chi connectivity index (χ0n) is 9.10. The smallest absolute Gasteiger partial charge is 0.241 e. The summed E-state index contributed by atoms with van der Waals surface area (Å²) in [5, 5.41) is 8.87. The van der Waals surface area contributed by atoms with Crippen LogP contribution in [0.2, 0.25) is 0 Å². The van der Waals surface area contributed by atoms with E-state index in [1.54, 1.807) is 18.7 Å². The molecule has 0 aliphatic carbocycles. The Hall–Kier alpha value is -0.730. The molecule has 84 valence electrons. The molecule has 1 fully saturated rings. The highest BCUT2D eigenvalue weighted by Gasteiger charge is 2.36. The fourth-order valence-corrected chi connectivity index (χ4v) is 1.76. The third-order valence-electron chi connectivity index (χ3n) is 2.71. The summed E-state index contributed by atoms with van der Waals surface area (Å²) < 4.78 is -0.556. The monoisotopic (exact) mass is 227 g/mol. The molecule has 5 heteroatoms. The molecule has 2 N–H and O–H groups in total. The average molecular weight is 227 g/mol. The van der Waals surface area contributed by atoms with Crippen molar-refractivity contribution in [3.05, 3.63) is 0 Å². The van der Waals surface area contributed by atoms with Gasteiger partial charge in [-0.1, -0.05) is 0 Å². The number of carbonyl (C=O) groups excluding carboxylic acids is 1. The lowest BCUT2D eigenvalue weighted by atomic mass is 10.0. The van der Waals surface area contributed by atoms with E-state index in [2.05, 4.69) is 18.7 Å². The van der Waals surface area contributed by atoms with Gasteiger partial charge in [0, 0.05) is 11.3 Å². The molecule has 1 heterocycles. The van der Waals surface area contributed by atoms with Crippen molar-refractivity contribution in [3.63, 3.8) is 0 Å². The maximum atomic E-state index is 12.0. The van der Waals surface area contributed by atoms with Gasteiger partial charge in [0.15, 0.2) is 0 Å². The highest BCUT2D eigenvalue weighted by atomic mass is 32.1. The largest absolute Gasteiger partial charge is 0.325 e. The highest BCUT2D eigenvalue weighted by Crippen LogP contribution is 2.22. The molecule has 0 unspecified atom stereocenters. The normalized spacial score (nSPS) is 23.7. The van der Waals surface area contributed by atoms with E-state index in [-0.39, 0.29) is 11.9 Å². The van der Waals surface area contributed by atoms with Crippen LogP contribution in [-0.4, -0.2) is 34.2 Å². The third kappa shape index (κ3) is 2.64. The van der Waals surface area contributed by atoms with Gasteiger partial charge < -0.3 is 10.6 Å². The summed E-state index contributed by atoms with van der Waals surface area (Å²) in [6.45, 7) is 4.24. The number of thiol groups is 1. The summed E-state index contributed by atoms with van der Waals surface area (Å²) in [6.07, 6.45) is 1.63. The SMILES string of the molecule is CC(C)(S)[C@H](N)C(=O)N1CCC[C@H]1C#N. The van der Waals surface area contributed by atoms with Crippen LogP contribution in [0.25, 0.3) is 0 Å². The van der Waals surface area contributed by atoms with Crippen molar-refractivity contribution in [1.82, 2.24) is 4.90 Å². The first-order valence-electron chi connectivity index (χ1n) is 5.06. The Labute approximate surface area is 95.8 Å². The molecule has 0 bridgehead atoms. The predicted molar refractivity (Wildman–Crippen MR) is 61.4 cm³/mol. The maximum absolute atomic E-state index is 12.0. The van der Waals surface area contributed by atoms with E-state index < -0.39 is 10.8 Å². The van der Waals surface area contributed by atoms with E-state index in [0.29, 0.717) is 6.54 Å². The lowest BCUT2D eigenvalue weighted by molar-refractivity contribution is -0.133. The van der Waals surface area contributed by atoms with Crippen molar-refractivity contribution in [2.75, 3.05) is 6.54 Å². The third-order valence-corrected chi connectivity index (χ3v) is 2.99. The number of carbonyl (C=O) groups is 1. The van der Waals surface area contributed by atoms with Crippen molar-refractivity contribution >= 4 is 18.5 Å². The van der Waals surface area contributed by atoms with Gasteiger partial charge >= 0.3 is 0 Å². The minimum absolute atomic E-state index is 0.168. The van der Waals surface area contributed by atoms with Crippen LogP contribution in [0.5, 0.6) is 0 Å². The standard InChI is InChI=1S/C10H17N3OS/c1-10(2,15)8(12)9(14)13-5-3-4-7(13)6-11/h7-8,15H,3-5,12H2,1-2H3/t7-,8+/m0/s1. The Morgan fingerprint density at radius 1 is 1.73 bits per heavy atom. The fraction of sp³-hybridized carbons (Fsp3) is 0.800. The minimum Gasteiger partial charge on any atom is -0.325 e. The number of amides is 1. The second kappa shape index (κ2) is 4.42. The molecule has 1 rings (SSSR count). The van der Waals surface area contributed by atoms with Crippen LogP contribution in [-0.2, 0) is 4.79 Å². The van der Waals surface area contributed by atoms with E-state index >= 15 is 0 Å². The maximum Gasteiger partial charge on any atom is 0.241 e. The van der Waals surface area contributed by atoms with Gasteiger partial charge in [0.1, 0.15) is 6.04 Å². The molecule has 0 radical (unpaired) electrons. The van der Waals surface area contributed by atoms with Gasteiger partial charge in [-0.15, -0.1) is 0 Å².